The fourth-order valence-corrected chi connectivity index (χ4v) is 3.93. The smallest absolute Gasteiger partial charge is 0.420 e. The molecule has 2 aromatic heterocycles. The molecule has 2 fully saturated rings. The third-order valence-electron chi connectivity index (χ3n) is 5.37. The molecular weight excluding hydrogens is 337 g/mol. The van der Waals surface area contributed by atoms with Crippen LogP contribution in [-0.4, -0.2) is 35.7 Å². The van der Waals surface area contributed by atoms with Crippen molar-refractivity contribution in [1.29, 1.82) is 0 Å². The van der Waals surface area contributed by atoms with Gasteiger partial charge in [0.2, 0.25) is 0 Å². The molecule has 2 aromatic rings. The molecule has 5 rings (SSSR count). The highest BCUT2D eigenvalue weighted by Crippen LogP contribution is 2.58. The van der Waals surface area contributed by atoms with Crippen LogP contribution >= 0.6 is 0 Å². The first-order valence-electron chi connectivity index (χ1n) is 8.41. The van der Waals surface area contributed by atoms with E-state index in [2.05, 4.69) is 5.10 Å². The third kappa shape index (κ3) is 2.42. The molecule has 3 heterocycles. The third-order valence-corrected chi connectivity index (χ3v) is 5.37. The highest BCUT2D eigenvalue weighted by Gasteiger charge is 2.53. The molecule has 1 saturated carbocycles. The Morgan fingerprint density at radius 3 is 2.80 bits per heavy atom. The molecule has 0 unspecified atom stereocenters. The number of ether oxygens (including phenoxy) is 2. The van der Waals surface area contributed by atoms with Gasteiger partial charge in [0.05, 0.1) is 31.9 Å². The van der Waals surface area contributed by atoms with E-state index >= 15 is 0 Å². The molecule has 0 amide bonds. The monoisotopic (exact) mass is 354 g/mol. The predicted octanol–water partition coefficient (Wildman–Crippen LogP) is 3.17. The number of furan rings is 1. The van der Waals surface area contributed by atoms with Crippen LogP contribution in [0.1, 0.15) is 29.7 Å². The van der Waals surface area contributed by atoms with Gasteiger partial charge in [0.15, 0.2) is 0 Å². The van der Waals surface area contributed by atoms with Crippen molar-refractivity contribution in [2.75, 3.05) is 19.8 Å². The highest BCUT2D eigenvalue weighted by molar-refractivity contribution is 5.74. The normalized spacial score (nSPS) is 24.2. The molecule has 0 aromatic carbocycles. The Balaban J connectivity index is 1.56. The molecule has 5 nitrogen and oxygen atoms in total. The number of rotatable bonds is 2. The Morgan fingerprint density at radius 1 is 1.28 bits per heavy atom. The van der Waals surface area contributed by atoms with Crippen LogP contribution in [0.15, 0.2) is 16.9 Å². The van der Waals surface area contributed by atoms with Crippen molar-refractivity contribution in [3.8, 4) is 11.3 Å². The fraction of sp³-hybridized carbons (Fsp3) is 0.588. The summed E-state index contributed by atoms with van der Waals surface area (Å²) in [5.74, 6) is 0.403. The van der Waals surface area contributed by atoms with Crippen LogP contribution in [0.25, 0.3) is 11.3 Å². The summed E-state index contributed by atoms with van der Waals surface area (Å²) in [5.41, 5.74) is 0.590. The van der Waals surface area contributed by atoms with Crippen molar-refractivity contribution < 1.29 is 27.1 Å². The minimum atomic E-state index is -4.45. The van der Waals surface area contributed by atoms with Gasteiger partial charge in [-0.1, -0.05) is 0 Å². The van der Waals surface area contributed by atoms with Crippen LogP contribution < -0.4 is 0 Å². The molecule has 0 N–H and O–H groups in total. The topological polar surface area (TPSA) is 49.4 Å². The maximum absolute atomic E-state index is 13.4. The Bertz CT molecular complexity index is 814. The van der Waals surface area contributed by atoms with Gasteiger partial charge in [-0.05, 0) is 12.8 Å². The average Bonchev–Trinajstić information content (AvgIpc) is 3.00. The first kappa shape index (κ1) is 15.5. The minimum Gasteiger partial charge on any atom is -0.468 e. The maximum Gasteiger partial charge on any atom is 0.420 e. The zero-order chi connectivity index (χ0) is 17.2. The predicted molar refractivity (Wildman–Crippen MR) is 80.1 cm³/mol. The quantitative estimate of drug-likeness (QED) is 0.831. The molecule has 3 aliphatic rings. The SMILES string of the molecule is FC(F)(F)c1coc2c1-c1nn(C[C@H]3COCCO3)cc1C1(CC1)C2. The van der Waals surface area contributed by atoms with E-state index in [4.69, 9.17) is 13.9 Å². The first-order chi connectivity index (χ1) is 12.0. The van der Waals surface area contributed by atoms with E-state index in [0.29, 0.717) is 44.2 Å². The maximum atomic E-state index is 13.4. The zero-order valence-corrected chi connectivity index (χ0v) is 13.4. The summed E-state index contributed by atoms with van der Waals surface area (Å²) in [7, 11) is 0. The molecule has 1 saturated heterocycles. The van der Waals surface area contributed by atoms with Crippen molar-refractivity contribution in [2.45, 2.75) is 43.5 Å². The van der Waals surface area contributed by atoms with E-state index in [-0.39, 0.29) is 17.1 Å². The first-order valence-corrected chi connectivity index (χ1v) is 8.41. The second kappa shape index (κ2) is 5.11. The van der Waals surface area contributed by atoms with E-state index in [1.807, 2.05) is 6.20 Å². The lowest BCUT2D eigenvalue weighted by atomic mass is 9.82. The van der Waals surface area contributed by atoms with Gasteiger partial charge in [-0.3, -0.25) is 4.68 Å². The summed E-state index contributed by atoms with van der Waals surface area (Å²) in [6.45, 7) is 2.04. The molecule has 134 valence electrons. The van der Waals surface area contributed by atoms with Gasteiger partial charge >= 0.3 is 6.18 Å². The second-order valence-corrected chi connectivity index (χ2v) is 7.08. The molecular formula is C17H17F3N2O3. The van der Waals surface area contributed by atoms with Crippen LogP contribution in [0.5, 0.6) is 0 Å². The zero-order valence-electron chi connectivity index (χ0n) is 13.4. The van der Waals surface area contributed by atoms with E-state index in [1.165, 1.54) is 0 Å². The Morgan fingerprint density at radius 2 is 2.12 bits per heavy atom. The van der Waals surface area contributed by atoms with Gasteiger partial charge < -0.3 is 13.9 Å². The molecule has 8 heteroatoms. The van der Waals surface area contributed by atoms with Crippen LogP contribution in [0.3, 0.4) is 0 Å². The minimum absolute atomic E-state index is 0.106. The largest absolute Gasteiger partial charge is 0.468 e. The van der Waals surface area contributed by atoms with E-state index in [0.717, 1.165) is 24.7 Å². The Hall–Kier alpha value is -1.80. The van der Waals surface area contributed by atoms with Gasteiger partial charge in [0, 0.05) is 23.6 Å². The molecule has 1 spiro atoms. The van der Waals surface area contributed by atoms with Gasteiger partial charge in [-0.25, -0.2) is 0 Å². The number of aromatic nitrogens is 2. The van der Waals surface area contributed by atoms with E-state index < -0.39 is 11.7 Å². The van der Waals surface area contributed by atoms with E-state index in [1.54, 1.807) is 4.68 Å². The number of halogens is 3. The number of hydrogen-bond acceptors (Lipinski definition) is 4. The van der Waals surface area contributed by atoms with Crippen molar-refractivity contribution in [2.24, 2.45) is 0 Å². The van der Waals surface area contributed by atoms with Crippen LogP contribution in [0, 0.1) is 0 Å². The lowest BCUT2D eigenvalue weighted by molar-refractivity contribution is -0.137. The lowest BCUT2D eigenvalue weighted by Crippen LogP contribution is -2.32. The molecule has 2 aliphatic carbocycles. The number of hydrogen-bond donors (Lipinski definition) is 0. The van der Waals surface area contributed by atoms with Crippen LogP contribution in [-0.2, 0) is 34.0 Å². The molecule has 0 radical (unpaired) electrons. The van der Waals surface area contributed by atoms with Crippen molar-refractivity contribution in [3.05, 3.63) is 29.3 Å². The summed E-state index contributed by atoms with van der Waals surface area (Å²) in [4.78, 5) is 0. The molecule has 1 atom stereocenters. The van der Waals surface area contributed by atoms with Gasteiger partial charge in [0.1, 0.15) is 29.4 Å². The van der Waals surface area contributed by atoms with Crippen molar-refractivity contribution >= 4 is 0 Å². The van der Waals surface area contributed by atoms with E-state index in [9.17, 15) is 13.2 Å². The average molecular weight is 354 g/mol. The summed E-state index contributed by atoms with van der Waals surface area (Å²) in [6.07, 6.45) is 0.554. The number of alkyl halides is 3. The fourth-order valence-electron chi connectivity index (χ4n) is 3.93. The standard InChI is InChI=1S/C17H17F3N2O3/c18-17(19,20)12-9-25-13-5-16(1-2-16)11-7-22(21-15(11)14(12)13)6-10-8-23-3-4-24-10/h7,9-10H,1-6,8H2/t10-/m0/s1. The number of fused-ring (bicyclic) bond motifs is 4. The number of nitrogens with zero attached hydrogens (tertiary/aromatic N) is 2. The summed E-state index contributed by atoms with van der Waals surface area (Å²) < 4.78 is 58.1. The van der Waals surface area contributed by atoms with Gasteiger partial charge in [0.25, 0.3) is 0 Å². The second-order valence-electron chi connectivity index (χ2n) is 7.08. The van der Waals surface area contributed by atoms with Crippen molar-refractivity contribution in [1.82, 2.24) is 9.78 Å². The Kier molecular flexibility index (Phi) is 3.16. The van der Waals surface area contributed by atoms with Gasteiger partial charge in [-0.15, -0.1) is 0 Å². The van der Waals surface area contributed by atoms with Crippen LogP contribution in [0.4, 0.5) is 13.2 Å². The lowest BCUT2D eigenvalue weighted by Gasteiger charge is -2.22. The molecule has 1 aliphatic heterocycles. The van der Waals surface area contributed by atoms with Crippen molar-refractivity contribution in [3.63, 3.8) is 0 Å². The summed E-state index contributed by atoms with van der Waals surface area (Å²) in [5, 5.41) is 4.49. The summed E-state index contributed by atoms with van der Waals surface area (Å²) in [6, 6.07) is 0. The highest BCUT2D eigenvalue weighted by atomic mass is 19.4. The van der Waals surface area contributed by atoms with Gasteiger partial charge in [-0.2, -0.15) is 18.3 Å². The van der Waals surface area contributed by atoms with Crippen LogP contribution in [0.2, 0.25) is 0 Å². The Labute approximate surface area is 141 Å². The summed E-state index contributed by atoms with van der Waals surface area (Å²) >= 11 is 0. The molecule has 25 heavy (non-hydrogen) atoms. The molecule has 0 bridgehead atoms.